The fourth-order valence-electron chi connectivity index (χ4n) is 3.18. The molecule has 3 rings (SSSR count). The number of amides is 3. The number of rotatable bonds is 5. The maximum absolute atomic E-state index is 12.9. The average molecular weight is 490 g/mol. The van der Waals surface area contributed by atoms with E-state index in [1.807, 2.05) is 0 Å². The second-order valence-corrected chi connectivity index (χ2v) is 7.46. The van der Waals surface area contributed by atoms with Gasteiger partial charge in [0.25, 0.3) is 5.91 Å². The van der Waals surface area contributed by atoms with E-state index in [0.717, 1.165) is 6.07 Å². The maximum Gasteiger partial charge on any atom is 0.412 e. The van der Waals surface area contributed by atoms with Crippen LogP contribution in [0, 0.1) is 0 Å². The van der Waals surface area contributed by atoms with Crippen molar-refractivity contribution >= 4 is 41.2 Å². The van der Waals surface area contributed by atoms with E-state index in [1.54, 1.807) is 11.9 Å². The molecular formula is C18H22ClF2N7O5. The summed E-state index contributed by atoms with van der Waals surface area (Å²) in [5, 5.41) is 9.57. The molecule has 0 unspecified atom stereocenters. The number of piperidine rings is 1. The van der Waals surface area contributed by atoms with Crippen LogP contribution in [0.1, 0.15) is 30.1 Å². The summed E-state index contributed by atoms with van der Waals surface area (Å²) in [5.74, 6) is -1.12. The maximum atomic E-state index is 12.9. The Morgan fingerprint density at radius 2 is 1.94 bits per heavy atom. The molecule has 1 aromatic carbocycles. The number of carbonyl (C=O) groups excluding carboxylic acids is 3. The number of hydrazine groups is 2. The van der Waals surface area contributed by atoms with Crippen LogP contribution in [-0.4, -0.2) is 66.6 Å². The molecule has 0 saturated carbocycles. The summed E-state index contributed by atoms with van der Waals surface area (Å²) < 4.78 is 35.5. The fourth-order valence-corrected chi connectivity index (χ4v) is 3.47. The molecule has 1 saturated heterocycles. The highest BCUT2D eigenvalue weighted by molar-refractivity contribution is 6.37. The highest BCUT2D eigenvalue weighted by atomic mass is 35.5. The summed E-state index contributed by atoms with van der Waals surface area (Å²) in [7, 11) is 1.57. The summed E-state index contributed by atoms with van der Waals surface area (Å²) >= 11 is 6.27. The van der Waals surface area contributed by atoms with Crippen LogP contribution < -0.4 is 26.4 Å². The van der Waals surface area contributed by atoms with Crippen molar-refractivity contribution in [3.8, 4) is 5.75 Å². The lowest BCUT2D eigenvalue weighted by molar-refractivity contribution is -0.130. The third kappa shape index (κ3) is 6.10. The molecule has 2 aliphatic rings. The molecule has 12 nitrogen and oxygen atoms in total. The van der Waals surface area contributed by atoms with Gasteiger partial charge in [0.05, 0.1) is 10.6 Å². The van der Waals surface area contributed by atoms with Gasteiger partial charge in [-0.3, -0.25) is 25.2 Å². The number of anilines is 1. The Labute approximate surface area is 192 Å². The summed E-state index contributed by atoms with van der Waals surface area (Å²) in [6.45, 7) is -0.905. The lowest BCUT2D eigenvalue weighted by Gasteiger charge is -2.30. The van der Waals surface area contributed by atoms with E-state index in [2.05, 4.69) is 31.5 Å². The zero-order valence-electron chi connectivity index (χ0n) is 17.7. The number of hydrogen-bond acceptors (Lipinski definition) is 9. The van der Waals surface area contributed by atoms with Gasteiger partial charge in [0, 0.05) is 39.9 Å². The van der Waals surface area contributed by atoms with Crippen molar-refractivity contribution in [1.82, 2.24) is 26.3 Å². The molecular weight excluding hydrogens is 468 g/mol. The van der Waals surface area contributed by atoms with Crippen LogP contribution in [0.5, 0.6) is 5.75 Å². The Kier molecular flexibility index (Phi) is 7.71. The van der Waals surface area contributed by atoms with Gasteiger partial charge in [-0.1, -0.05) is 11.6 Å². The number of guanidine groups is 1. The fraction of sp³-hybridized carbons (Fsp3) is 0.444. The molecule has 33 heavy (non-hydrogen) atoms. The molecule has 0 bridgehead atoms. The number of hydrogen-bond donors (Lipinski definition) is 4. The molecule has 3 amide bonds. The first-order valence-electron chi connectivity index (χ1n) is 9.79. The zero-order valence-corrected chi connectivity index (χ0v) is 18.4. The monoisotopic (exact) mass is 489 g/mol. The molecule has 180 valence electrons. The van der Waals surface area contributed by atoms with Crippen LogP contribution >= 0.6 is 11.6 Å². The first-order chi connectivity index (χ1) is 15.7. The molecule has 15 heteroatoms. The van der Waals surface area contributed by atoms with Gasteiger partial charge in [-0.05, 0) is 12.1 Å². The van der Waals surface area contributed by atoms with E-state index < -0.39 is 30.5 Å². The van der Waals surface area contributed by atoms with Crippen molar-refractivity contribution in [2.45, 2.75) is 32.5 Å². The number of hydrazone groups is 1. The molecule has 2 heterocycles. The highest BCUT2D eigenvalue weighted by Gasteiger charge is 2.27. The zero-order chi connectivity index (χ0) is 24.1. The van der Waals surface area contributed by atoms with Gasteiger partial charge in [-0.15, -0.1) is 10.6 Å². The third-order valence-corrected chi connectivity index (χ3v) is 5.27. The number of carbonyl (C=O) groups is 3. The van der Waals surface area contributed by atoms with Crippen LogP contribution in [0.2, 0.25) is 5.02 Å². The molecule has 1 aromatic rings. The van der Waals surface area contributed by atoms with Crippen LogP contribution in [-0.2, 0) is 9.53 Å². The van der Waals surface area contributed by atoms with Crippen molar-refractivity contribution in [1.29, 1.82) is 0 Å². The lowest BCUT2D eigenvalue weighted by atomic mass is 10.1. The van der Waals surface area contributed by atoms with E-state index in [-0.39, 0.29) is 28.1 Å². The second-order valence-electron chi connectivity index (χ2n) is 7.09. The van der Waals surface area contributed by atoms with Crippen molar-refractivity contribution < 1.29 is 32.6 Å². The highest BCUT2D eigenvalue weighted by Crippen LogP contribution is 2.36. The Balaban J connectivity index is 1.74. The normalized spacial score (nSPS) is 16.2. The Hall–Kier alpha value is -3.39. The molecule has 1 fully saturated rings. The molecule has 4 N–H and O–H groups in total. The minimum Gasteiger partial charge on any atom is -0.446 e. The van der Waals surface area contributed by atoms with Crippen LogP contribution in [0.4, 0.5) is 19.3 Å². The summed E-state index contributed by atoms with van der Waals surface area (Å²) in [5.41, 5.74) is 4.53. The molecule has 0 radical (unpaired) electrons. The van der Waals surface area contributed by atoms with Crippen molar-refractivity contribution in [3.05, 3.63) is 22.7 Å². The van der Waals surface area contributed by atoms with Crippen molar-refractivity contribution in [2.75, 3.05) is 25.5 Å². The number of halogens is 3. The van der Waals surface area contributed by atoms with Gasteiger partial charge in [-0.2, -0.15) is 8.78 Å². The number of likely N-dealkylation sites (tertiary alicyclic amines) is 1. The van der Waals surface area contributed by atoms with Gasteiger partial charge in [0.15, 0.2) is 5.75 Å². The largest absolute Gasteiger partial charge is 0.446 e. The first kappa shape index (κ1) is 24.3. The van der Waals surface area contributed by atoms with Gasteiger partial charge in [0.1, 0.15) is 11.8 Å². The minimum absolute atomic E-state index is 0.0742. The second kappa shape index (κ2) is 10.5. The van der Waals surface area contributed by atoms with E-state index in [1.165, 1.54) is 18.0 Å². The Morgan fingerprint density at radius 1 is 1.24 bits per heavy atom. The topological polar surface area (TPSA) is 137 Å². The minimum atomic E-state index is -3.20. The number of alkyl halides is 2. The van der Waals surface area contributed by atoms with Crippen LogP contribution in [0.15, 0.2) is 17.2 Å². The van der Waals surface area contributed by atoms with E-state index in [9.17, 15) is 23.2 Å². The summed E-state index contributed by atoms with van der Waals surface area (Å²) in [6, 6.07) is 2.24. The van der Waals surface area contributed by atoms with Gasteiger partial charge in [-0.25, -0.2) is 10.3 Å². The molecule has 0 aliphatic carbocycles. The van der Waals surface area contributed by atoms with E-state index in [0.29, 0.717) is 25.9 Å². The quantitative estimate of drug-likeness (QED) is 0.488. The Morgan fingerprint density at radius 3 is 2.52 bits per heavy atom. The lowest BCUT2D eigenvalue weighted by Crippen LogP contribution is -2.45. The molecule has 2 aliphatic heterocycles. The smallest absolute Gasteiger partial charge is 0.412 e. The Bertz CT molecular complexity index is 956. The van der Waals surface area contributed by atoms with Crippen LogP contribution in [0.3, 0.4) is 0 Å². The van der Waals surface area contributed by atoms with Gasteiger partial charge in [0.2, 0.25) is 11.9 Å². The van der Waals surface area contributed by atoms with Crippen molar-refractivity contribution in [3.63, 3.8) is 0 Å². The van der Waals surface area contributed by atoms with Gasteiger partial charge < -0.3 is 14.4 Å². The SMILES string of the molecule is CC(=O)N1CCC(OC(=O)Nc2c(OC(F)F)ccc(C(=O)NC3=NNNN3C)c2Cl)CC1. The van der Waals surface area contributed by atoms with E-state index >= 15 is 0 Å². The standard InChI is InChI=1S/C18H22ClF2N7O5/c1-9(29)28-7-5-10(6-8-28)32-18(31)22-14-12(33-16(20)21)4-3-11(13(14)19)15(30)23-17-24-25-26-27(17)2/h3-4,10,16,25-26H,5-8H2,1-2H3,(H,22,31)(H,23,24,30). The number of ether oxygens (including phenoxy) is 2. The number of nitrogens with zero attached hydrogens (tertiary/aromatic N) is 3. The van der Waals surface area contributed by atoms with E-state index in [4.69, 9.17) is 16.3 Å². The summed E-state index contributed by atoms with van der Waals surface area (Å²) in [6.07, 6.45) is -0.618. The molecule has 0 aromatic heterocycles. The third-order valence-electron chi connectivity index (χ3n) is 4.88. The predicted molar refractivity (Wildman–Crippen MR) is 112 cm³/mol. The first-order valence-corrected chi connectivity index (χ1v) is 10.2. The van der Waals surface area contributed by atoms with Crippen molar-refractivity contribution in [2.24, 2.45) is 5.10 Å². The number of benzene rings is 1. The number of nitrogens with one attached hydrogen (secondary N) is 4. The summed E-state index contributed by atoms with van der Waals surface area (Å²) in [4.78, 5) is 38.1. The van der Waals surface area contributed by atoms with Crippen LogP contribution in [0.25, 0.3) is 0 Å². The average Bonchev–Trinajstić information content (AvgIpc) is 3.15. The molecule has 0 spiro atoms. The predicted octanol–water partition coefficient (Wildman–Crippen LogP) is 1.46. The molecule has 0 atom stereocenters. The van der Waals surface area contributed by atoms with Gasteiger partial charge >= 0.3 is 12.7 Å².